The Balaban J connectivity index is 0.00000342. The normalized spacial score (nSPS) is 10.3. The Labute approximate surface area is 206 Å². The van der Waals surface area contributed by atoms with E-state index in [4.69, 9.17) is 4.52 Å². The van der Waals surface area contributed by atoms with Gasteiger partial charge in [-0.2, -0.15) is 4.98 Å². The van der Waals surface area contributed by atoms with E-state index >= 15 is 0 Å². The highest BCUT2D eigenvalue weighted by Gasteiger charge is 2.15. The van der Waals surface area contributed by atoms with E-state index in [1.165, 1.54) is 11.3 Å². The molecule has 35 heavy (non-hydrogen) atoms. The number of aryl methyl sites for hydroxylation is 2. The van der Waals surface area contributed by atoms with Gasteiger partial charge in [0.25, 0.3) is 5.91 Å². The van der Waals surface area contributed by atoms with Gasteiger partial charge in [-0.15, -0.1) is 0 Å². The van der Waals surface area contributed by atoms with Crippen molar-refractivity contribution in [3.63, 3.8) is 0 Å². The summed E-state index contributed by atoms with van der Waals surface area (Å²) in [6.07, 6.45) is 0.114. The summed E-state index contributed by atoms with van der Waals surface area (Å²) >= 11 is 1.38. The maximum Gasteiger partial charge on any atom is 0.251 e. The van der Waals surface area contributed by atoms with Crippen molar-refractivity contribution in [1.82, 2.24) is 26.6 Å². The molecule has 0 bridgehead atoms. The number of carbonyl (C=O) groups is 2. The molecule has 2 aromatic carbocycles. The van der Waals surface area contributed by atoms with Crippen LogP contribution in [0.1, 0.15) is 38.8 Å². The van der Waals surface area contributed by atoms with E-state index in [-0.39, 0.29) is 30.9 Å². The number of aromatic nitrogens is 3. The fourth-order valence-electron chi connectivity index (χ4n) is 3.29. The van der Waals surface area contributed by atoms with Crippen LogP contribution in [0.2, 0.25) is 0 Å². The number of hydrogen-bond donors (Lipinski definition) is 3. The van der Waals surface area contributed by atoms with E-state index < -0.39 is 0 Å². The number of carbonyl (C=O) groups excluding carboxylic acids is 2. The lowest BCUT2D eigenvalue weighted by molar-refractivity contribution is -0.116. The minimum absolute atomic E-state index is 0. The van der Waals surface area contributed by atoms with Crippen molar-refractivity contribution in [2.75, 3.05) is 11.9 Å². The molecule has 9 nitrogen and oxygen atoms in total. The van der Waals surface area contributed by atoms with Gasteiger partial charge in [0.1, 0.15) is 0 Å². The van der Waals surface area contributed by atoms with Crippen molar-refractivity contribution in [3.8, 4) is 11.4 Å². The molecule has 0 fully saturated rings. The molecule has 10 heteroatoms. The average Bonchev–Trinajstić information content (AvgIpc) is 3.44. The van der Waals surface area contributed by atoms with Gasteiger partial charge in [0, 0.05) is 31.0 Å². The molecule has 0 radical (unpaired) electrons. The fraction of sp³-hybridized carbons (Fsp3) is 0.160. The molecule has 180 valence electrons. The highest BCUT2D eigenvalue weighted by atomic mass is 32.1. The minimum atomic E-state index is -0.290. The molecule has 0 aliphatic rings. The van der Waals surface area contributed by atoms with Crippen molar-refractivity contribution >= 4 is 33.9 Å². The standard InChI is InChI=1S/C25H23N5O3S.H3N/c1-15(18-8-5-4-6-9-18)22-16(2)27-25(34-22)29-21(31)12-13-26-24(32)20-11-7-10-19(14-20)23-28-17(3)33-30-23;/h4-11,14H,1,12-13H2,2-3H3,(H,26,32)(H,27,29,31);1H3. The lowest BCUT2D eigenvalue weighted by Gasteiger charge is -2.06. The van der Waals surface area contributed by atoms with Crippen LogP contribution >= 0.6 is 11.3 Å². The largest absolute Gasteiger partial charge is 0.352 e. The van der Waals surface area contributed by atoms with Crippen LogP contribution in [-0.4, -0.2) is 33.5 Å². The van der Waals surface area contributed by atoms with E-state index in [9.17, 15) is 9.59 Å². The zero-order chi connectivity index (χ0) is 24.1. The SMILES string of the molecule is C=C(c1ccccc1)c1sc(NC(=O)CCNC(=O)c2cccc(-c3noc(C)n3)c2)nc1C.N. The van der Waals surface area contributed by atoms with Gasteiger partial charge in [0.05, 0.1) is 10.6 Å². The smallest absolute Gasteiger partial charge is 0.251 e. The maximum atomic E-state index is 12.5. The molecule has 2 heterocycles. The molecule has 2 amide bonds. The summed E-state index contributed by atoms with van der Waals surface area (Å²) in [5.74, 6) is 0.339. The predicted octanol–water partition coefficient (Wildman–Crippen LogP) is 4.79. The number of benzene rings is 2. The summed E-state index contributed by atoms with van der Waals surface area (Å²) in [7, 11) is 0. The number of anilines is 1. The van der Waals surface area contributed by atoms with Crippen LogP contribution in [0.15, 0.2) is 65.7 Å². The van der Waals surface area contributed by atoms with Gasteiger partial charge >= 0.3 is 0 Å². The number of hydrogen-bond acceptors (Lipinski definition) is 8. The highest BCUT2D eigenvalue weighted by molar-refractivity contribution is 7.17. The maximum absolute atomic E-state index is 12.5. The number of nitrogens with zero attached hydrogens (tertiary/aromatic N) is 3. The Bertz CT molecular complexity index is 1350. The van der Waals surface area contributed by atoms with Gasteiger partial charge < -0.3 is 21.3 Å². The Hall–Kier alpha value is -4.15. The molecule has 0 unspecified atom stereocenters. The van der Waals surface area contributed by atoms with E-state index in [2.05, 4.69) is 32.3 Å². The second-order valence-corrected chi connectivity index (χ2v) is 8.55. The summed E-state index contributed by atoms with van der Waals surface area (Å²) in [5, 5.41) is 9.94. The third-order valence-corrected chi connectivity index (χ3v) is 6.12. The van der Waals surface area contributed by atoms with Gasteiger partial charge in [0.2, 0.25) is 17.6 Å². The first kappa shape index (κ1) is 25.5. The molecule has 4 rings (SSSR count). The summed E-state index contributed by atoms with van der Waals surface area (Å²) in [6.45, 7) is 7.94. The Morgan fingerprint density at radius 1 is 1.03 bits per heavy atom. The second-order valence-electron chi connectivity index (χ2n) is 7.55. The predicted molar refractivity (Wildman–Crippen MR) is 137 cm³/mol. The van der Waals surface area contributed by atoms with Crippen LogP contribution < -0.4 is 16.8 Å². The first-order valence-electron chi connectivity index (χ1n) is 10.6. The van der Waals surface area contributed by atoms with Crippen molar-refractivity contribution in [1.29, 1.82) is 0 Å². The van der Waals surface area contributed by atoms with Gasteiger partial charge in [-0.05, 0) is 30.2 Å². The quantitative estimate of drug-likeness (QED) is 0.322. The Morgan fingerprint density at radius 2 is 1.77 bits per heavy atom. The van der Waals surface area contributed by atoms with Crippen molar-refractivity contribution < 1.29 is 14.1 Å². The average molecular weight is 491 g/mol. The number of rotatable bonds is 8. The van der Waals surface area contributed by atoms with Crippen molar-refractivity contribution in [3.05, 3.63) is 88.8 Å². The van der Waals surface area contributed by atoms with E-state index in [0.29, 0.717) is 28.0 Å². The molecule has 0 saturated carbocycles. The number of nitrogens with one attached hydrogen (secondary N) is 2. The molecule has 2 aromatic heterocycles. The zero-order valence-electron chi connectivity index (χ0n) is 19.5. The first-order chi connectivity index (χ1) is 16.4. The summed E-state index contributed by atoms with van der Waals surface area (Å²) in [6, 6.07) is 16.7. The minimum Gasteiger partial charge on any atom is -0.352 e. The Kier molecular flexibility index (Phi) is 8.24. The molecule has 5 N–H and O–H groups in total. The molecular weight excluding hydrogens is 464 g/mol. The van der Waals surface area contributed by atoms with Crippen LogP contribution in [0.5, 0.6) is 0 Å². The van der Waals surface area contributed by atoms with Crippen LogP contribution in [-0.2, 0) is 4.79 Å². The van der Waals surface area contributed by atoms with Crippen LogP contribution in [0.25, 0.3) is 17.0 Å². The van der Waals surface area contributed by atoms with Crippen LogP contribution in [0.3, 0.4) is 0 Å². The third kappa shape index (κ3) is 6.25. The molecule has 0 saturated heterocycles. The topological polar surface area (TPSA) is 145 Å². The van der Waals surface area contributed by atoms with Gasteiger partial charge in [-0.3, -0.25) is 9.59 Å². The van der Waals surface area contributed by atoms with E-state index in [1.54, 1.807) is 31.2 Å². The molecule has 0 aliphatic heterocycles. The fourth-order valence-corrected chi connectivity index (χ4v) is 4.26. The van der Waals surface area contributed by atoms with Crippen LogP contribution in [0, 0.1) is 13.8 Å². The van der Waals surface area contributed by atoms with Crippen molar-refractivity contribution in [2.24, 2.45) is 0 Å². The number of amides is 2. The third-order valence-electron chi connectivity index (χ3n) is 4.99. The second kappa shape index (κ2) is 11.3. The van der Waals surface area contributed by atoms with E-state index in [1.807, 2.05) is 37.3 Å². The summed E-state index contributed by atoms with van der Waals surface area (Å²) < 4.78 is 4.99. The van der Waals surface area contributed by atoms with Crippen LogP contribution in [0.4, 0.5) is 5.13 Å². The van der Waals surface area contributed by atoms with Gasteiger partial charge in [-0.25, -0.2) is 4.98 Å². The number of thiazole rings is 1. The molecule has 0 spiro atoms. The summed E-state index contributed by atoms with van der Waals surface area (Å²) in [4.78, 5) is 34.4. The molecule has 0 aliphatic carbocycles. The van der Waals surface area contributed by atoms with E-state index in [0.717, 1.165) is 21.7 Å². The highest BCUT2D eigenvalue weighted by Crippen LogP contribution is 2.32. The zero-order valence-corrected chi connectivity index (χ0v) is 20.3. The molecule has 4 aromatic rings. The monoisotopic (exact) mass is 490 g/mol. The van der Waals surface area contributed by atoms with Gasteiger partial charge in [-0.1, -0.05) is 65.5 Å². The Morgan fingerprint density at radius 3 is 2.49 bits per heavy atom. The molecule has 0 atom stereocenters. The van der Waals surface area contributed by atoms with Crippen molar-refractivity contribution in [2.45, 2.75) is 20.3 Å². The summed E-state index contributed by atoms with van der Waals surface area (Å²) in [5.41, 5.74) is 3.79. The lowest BCUT2D eigenvalue weighted by Crippen LogP contribution is -2.27. The lowest BCUT2D eigenvalue weighted by atomic mass is 10.1. The first-order valence-corrected chi connectivity index (χ1v) is 11.4. The molecular formula is C25H26N6O3S. The van der Waals surface area contributed by atoms with Gasteiger partial charge in [0.15, 0.2) is 5.13 Å².